The van der Waals surface area contributed by atoms with Crippen LogP contribution in [-0.4, -0.2) is 31.6 Å². The Hall–Kier alpha value is -2.29. The number of carbonyl (C=O) groups excluding carboxylic acids is 1. The van der Waals surface area contributed by atoms with Crippen molar-refractivity contribution in [3.63, 3.8) is 0 Å². The molecule has 1 aliphatic carbocycles. The van der Waals surface area contributed by atoms with Gasteiger partial charge in [0.2, 0.25) is 0 Å². The van der Waals surface area contributed by atoms with E-state index in [9.17, 15) is 4.79 Å². The summed E-state index contributed by atoms with van der Waals surface area (Å²) in [6, 6.07) is 16.1. The lowest BCUT2D eigenvalue weighted by atomic mass is 9.86. The van der Waals surface area contributed by atoms with Crippen molar-refractivity contribution < 1.29 is 9.53 Å². The van der Waals surface area contributed by atoms with Gasteiger partial charge in [0.25, 0.3) is 5.91 Å². The van der Waals surface area contributed by atoms with Gasteiger partial charge in [0.05, 0.1) is 6.04 Å². The second kappa shape index (κ2) is 10.3. The van der Waals surface area contributed by atoms with Gasteiger partial charge in [-0.1, -0.05) is 30.3 Å². The van der Waals surface area contributed by atoms with E-state index in [1.807, 2.05) is 30.3 Å². The lowest BCUT2D eigenvalue weighted by molar-refractivity contribution is 0.0396. The third kappa shape index (κ3) is 5.31. The summed E-state index contributed by atoms with van der Waals surface area (Å²) in [5, 5.41) is 9.67. The number of aliphatic imine (C=N–C) groups is 1. The highest BCUT2D eigenvalue weighted by atomic mass is 127. The van der Waals surface area contributed by atoms with Crippen LogP contribution in [0.3, 0.4) is 0 Å². The van der Waals surface area contributed by atoms with Crippen molar-refractivity contribution in [3.05, 3.63) is 65.2 Å². The SMILES string of the molecule is CN=C(NCc1cccc(C(=O)NC)c1)NC1CC2(CCCC2)Oc2ccccc21.I. The molecular formula is C24H31IN4O2. The van der Waals surface area contributed by atoms with Crippen molar-refractivity contribution >= 4 is 35.8 Å². The molecule has 0 bridgehead atoms. The second-order valence-electron chi connectivity index (χ2n) is 8.14. The summed E-state index contributed by atoms with van der Waals surface area (Å²) in [5.74, 6) is 1.65. The van der Waals surface area contributed by atoms with Crippen LogP contribution in [0.1, 0.15) is 59.6 Å². The molecule has 1 saturated carbocycles. The van der Waals surface area contributed by atoms with Crippen LogP contribution in [0.5, 0.6) is 5.75 Å². The number of para-hydroxylation sites is 1. The van der Waals surface area contributed by atoms with Crippen molar-refractivity contribution in [2.24, 2.45) is 4.99 Å². The van der Waals surface area contributed by atoms with Crippen LogP contribution < -0.4 is 20.7 Å². The predicted octanol–water partition coefficient (Wildman–Crippen LogP) is 4.17. The topological polar surface area (TPSA) is 74.8 Å². The molecule has 0 radical (unpaired) electrons. The van der Waals surface area contributed by atoms with Gasteiger partial charge in [-0.25, -0.2) is 0 Å². The van der Waals surface area contributed by atoms with Gasteiger partial charge in [-0.3, -0.25) is 9.79 Å². The molecule has 1 aliphatic heterocycles. The van der Waals surface area contributed by atoms with Gasteiger partial charge in [-0.05, 0) is 49.4 Å². The van der Waals surface area contributed by atoms with Gasteiger partial charge in [0, 0.05) is 38.2 Å². The van der Waals surface area contributed by atoms with Crippen LogP contribution in [0.25, 0.3) is 0 Å². The fraction of sp³-hybridized carbons (Fsp3) is 0.417. The van der Waals surface area contributed by atoms with Gasteiger partial charge < -0.3 is 20.7 Å². The van der Waals surface area contributed by atoms with Gasteiger partial charge in [-0.2, -0.15) is 0 Å². The summed E-state index contributed by atoms with van der Waals surface area (Å²) in [4.78, 5) is 16.3. The van der Waals surface area contributed by atoms with Crippen molar-refractivity contribution in [1.82, 2.24) is 16.0 Å². The Morgan fingerprint density at radius 1 is 1.16 bits per heavy atom. The van der Waals surface area contributed by atoms with Crippen molar-refractivity contribution in [1.29, 1.82) is 0 Å². The van der Waals surface area contributed by atoms with Crippen LogP contribution in [-0.2, 0) is 6.54 Å². The Balaban J connectivity index is 0.00000272. The third-order valence-corrected chi connectivity index (χ3v) is 6.12. The largest absolute Gasteiger partial charge is 0.487 e. The zero-order valence-electron chi connectivity index (χ0n) is 18.1. The Morgan fingerprint density at radius 3 is 2.68 bits per heavy atom. The fourth-order valence-electron chi connectivity index (χ4n) is 4.58. The Bertz CT molecular complexity index is 941. The van der Waals surface area contributed by atoms with Crippen LogP contribution in [0.15, 0.2) is 53.5 Å². The molecule has 0 aromatic heterocycles. The summed E-state index contributed by atoms with van der Waals surface area (Å²) in [6.45, 7) is 0.584. The van der Waals surface area contributed by atoms with Gasteiger partial charge >= 0.3 is 0 Å². The monoisotopic (exact) mass is 534 g/mol. The number of amides is 1. The summed E-state index contributed by atoms with van der Waals surface area (Å²) < 4.78 is 6.46. The van der Waals surface area contributed by atoms with Crippen molar-refractivity contribution in [3.8, 4) is 5.75 Å². The summed E-state index contributed by atoms with van der Waals surface area (Å²) >= 11 is 0. The quantitative estimate of drug-likeness (QED) is 0.313. The molecule has 0 saturated heterocycles. The number of fused-ring (bicyclic) bond motifs is 1. The molecule has 1 heterocycles. The third-order valence-electron chi connectivity index (χ3n) is 6.12. The van der Waals surface area contributed by atoms with Crippen LogP contribution in [0.2, 0.25) is 0 Å². The van der Waals surface area contributed by atoms with E-state index in [4.69, 9.17) is 4.74 Å². The van der Waals surface area contributed by atoms with Gasteiger partial charge in [0.1, 0.15) is 11.4 Å². The molecule has 1 fully saturated rings. The first-order chi connectivity index (χ1) is 14.6. The van der Waals surface area contributed by atoms with Gasteiger partial charge in [0.15, 0.2) is 5.96 Å². The molecule has 166 valence electrons. The maximum absolute atomic E-state index is 11.9. The summed E-state index contributed by atoms with van der Waals surface area (Å²) in [7, 11) is 3.43. The number of guanidine groups is 1. The van der Waals surface area contributed by atoms with E-state index in [-0.39, 0.29) is 41.5 Å². The highest BCUT2D eigenvalue weighted by Gasteiger charge is 2.43. The standard InChI is InChI=1S/C24H30N4O2.HI/c1-25-22(29)18-9-7-8-17(14-18)16-27-23(26-2)28-20-15-24(12-5-6-13-24)30-21-11-4-3-10-19(20)21;/h3-4,7-11,14,20H,5-6,12-13,15-16H2,1-2H3,(H,25,29)(H2,26,27,28);1H. The molecule has 3 N–H and O–H groups in total. The van der Waals surface area contributed by atoms with Crippen LogP contribution >= 0.6 is 24.0 Å². The molecular weight excluding hydrogens is 503 g/mol. The Kier molecular flexibility index (Phi) is 7.80. The molecule has 4 rings (SSSR count). The van der Waals surface area contributed by atoms with Crippen molar-refractivity contribution in [2.45, 2.75) is 50.3 Å². The van der Waals surface area contributed by atoms with E-state index < -0.39 is 0 Å². The normalized spacial score (nSPS) is 19.0. The Labute approximate surface area is 201 Å². The highest BCUT2D eigenvalue weighted by molar-refractivity contribution is 14.0. The Morgan fingerprint density at radius 2 is 1.94 bits per heavy atom. The number of ether oxygens (including phenoxy) is 1. The number of hydrogen-bond donors (Lipinski definition) is 3. The van der Waals surface area contributed by atoms with E-state index in [1.165, 1.54) is 18.4 Å². The number of benzene rings is 2. The minimum atomic E-state index is -0.0833. The zero-order valence-corrected chi connectivity index (χ0v) is 20.4. The molecule has 1 spiro atoms. The summed E-state index contributed by atoms with van der Waals surface area (Å²) in [5.41, 5.74) is 2.80. The van der Waals surface area contributed by atoms with Crippen LogP contribution in [0, 0.1) is 0 Å². The van der Waals surface area contributed by atoms with E-state index in [1.54, 1.807) is 14.1 Å². The average Bonchev–Trinajstić information content (AvgIpc) is 3.23. The maximum atomic E-state index is 11.9. The van der Waals surface area contributed by atoms with E-state index in [0.29, 0.717) is 12.1 Å². The molecule has 2 aliphatic rings. The second-order valence-corrected chi connectivity index (χ2v) is 8.14. The van der Waals surface area contributed by atoms with Crippen LogP contribution in [0.4, 0.5) is 0 Å². The molecule has 6 nitrogen and oxygen atoms in total. The lowest BCUT2D eigenvalue weighted by Crippen LogP contribution is -2.46. The average molecular weight is 534 g/mol. The molecule has 1 amide bonds. The zero-order chi connectivity index (χ0) is 21.0. The molecule has 1 atom stereocenters. The van der Waals surface area contributed by atoms with E-state index in [0.717, 1.165) is 36.5 Å². The van der Waals surface area contributed by atoms with Gasteiger partial charge in [-0.15, -0.1) is 24.0 Å². The maximum Gasteiger partial charge on any atom is 0.251 e. The number of hydrogen-bond acceptors (Lipinski definition) is 3. The molecule has 2 aromatic carbocycles. The lowest BCUT2D eigenvalue weighted by Gasteiger charge is -2.40. The minimum absolute atomic E-state index is 0. The first-order valence-electron chi connectivity index (χ1n) is 10.7. The number of nitrogens with one attached hydrogen (secondary N) is 3. The molecule has 7 heteroatoms. The number of nitrogens with zero attached hydrogens (tertiary/aromatic N) is 1. The number of carbonyl (C=O) groups is 1. The van der Waals surface area contributed by atoms with E-state index >= 15 is 0 Å². The van der Waals surface area contributed by atoms with Crippen molar-refractivity contribution in [2.75, 3.05) is 14.1 Å². The highest BCUT2D eigenvalue weighted by Crippen LogP contribution is 2.46. The molecule has 2 aromatic rings. The predicted molar refractivity (Wildman–Crippen MR) is 134 cm³/mol. The minimum Gasteiger partial charge on any atom is -0.487 e. The first-order valence-corrected chi connectivity index (χ1v) is 10.7. The first kappa shape index (κ1) is 23.4. The fourth-order valence-corrected chi connectivity index (χ4v) is 4.58. The number of rotatable bonds is 4. The molecule has 1 unspecified atom stereocenters. The van der Waals surface area contributed by atoms with E-state index in [2.05, 4.69) is 39.1 Å². The summed E-state index contributed by atoms with van der Waals surface area (Å²) in [6.07, 6.45) is 5.61. The smallest absolute Gasteiger partial charge is 0.251 e. The number of halogens is 1. The molecule has 31 heavy (non-hydrogen) atoms.